The topological polar surface area (TPSA) is 0 Å². The summed E-state index contributed by atoms with van der Waals surface area (Å²) in [5.41, 5.74) is 1.07. The van der Waals surface area contributed by atoms with Gasteiger partial charge in [-0.15, -0.1) is 12.1 Å². The summed E-state index contributed by atoms with van der Waals surface area (Å²) in [6.45, 7) is 9.22. The fourth-order valence-corrected chi connectivity index (χ4v) is 0.478. The molecular formula is C10H14Mg. The minimum atomic E-state index is 0. The third kappa shape index (κ3) is 9.86. The van der Waals surface area contributed by atoms with Gasteiger partial charge in [0, 0.05) is 0 Å². The van der Waals surface area contributed by atoms with Crippen molar-refractivity contribution in [1.29, 1.82) is 0 Å². The Labute approximate surface area is 86.2 Å². The predicted molar refractivity (Wildman–Crippen MR) is 52.3 cm³/mol. The van der Waals surface area contributed by atoms with Gasteiger partial charge in [0.1, 0.15) is 0 Å². The standard InChI is InChI=1S/C7H7.C3H7.Mg/c1-7-5-3-2-4-6-7;1-3-2;/h2-6H,1H2;1,3H2,2H3;/q2*-1;+2. The van der Waals surface area contributed by atoms with Crippen LogP contribution >= 0.6 is 0 Å². The maximum absolute atomic E-state index is 3.72. The SMILES string of the molecule is [CH2-]CC.[CH2-]c1ccccc1.[Mg+2]. The molecule has 0 N–H and O–H groups in total. The van der Waals surface area contributed by atoms with Crippen LogP contribution in [0.3, 0.4) is 0 Å². The largest absolute Gasteiger partial charge is 2.00 e. The smallest absolute Gasteiger partial charge is 0.344 e. The summed E-state index contributed by atoms with van der Waals surface area (Å²) in [4.78, 5) is 0. The first-order chi connectivity index (χ1) is 4.81. The van der Waals surface area contributed by atoms with Gasteiger partial charge in [-0.05, 0) is 0 Å². The zero-order valence-electron chi connectivity index (χ0n) is 7.22. The molecule has 11 heavy (non-hydrogen) atoms. The van der Waals surface area contributed by atoms with Crippen LogP contribution in [0.1, 0.15) is 18.9 Å². The molecule has 0 atom stereocenters. The molecule has 0 aliphatic carbocycles. The van der Waals surface area contributed by atoms with Crippen molar-refractivity contribution in [2.24, 2.45) is 0 Å². The average Bonchev–Trinajstić information content (AvgIpc) is 1.91. The molecule has 1 rings (SSSR count). The van der Waals surface area contributed by atoms with Crippen LogP contribution in [0.4, 0.5) is 0 Å². The minimum absolute atomic E-state index is 0. The zero-order chi connectivity index (χ0) is 7.82. The summed E-state index contributed by atoms with van der Waals surface area (Å²) in [6, 6.07) is 9.87. The van der Waals surface area contributed by atoms with Gasteiger partial charge >= 0.3 is 23.1 Å². The van der Waals surface area contributed by atoms with Crippen molar-refractivity contribution >= 4 is 23.1 Å². The van der Waals surface area contributed by atoms with E-state index in [4.69, 9.17) is 0 Å². The van der Waals surface area contributed by atoms with Crippen LogP contribution < -0.4 is 0 Å². The van der Waals surface area contributed by atoms with Gasteiger partial charge in [0.25, 0.3) is 0 Å². The Bertz CT molecular complexity index is 146. The van der Waals surface area contributed by atoms with Crippen molar-refractivity contribution in [1.82, 2.24) is 0 Å². The molecule has 0 saturated carbocycles. The van der Waals surface area contributed by atoms with Gasteiger partial charge in [0.2, 0.25) is 0 Å². The van der Waals surface area contributed by atoms with Crippen LogP contribution in [-0.4, -0.2) is 23.1 Å². The molecule has 0 amide bonds. The van der Waals surface area contributed by atoms with E-state index in [0.717, 1.165) is 12.0 Å². The van der Waals surface area contributed by atoms with E-state index in [2.05, 4.69) is 13.8 Å². The molecule has 0 aromatic heterocycles. The Kier molecular flexibility index (Phi) is 12.0. The summed E-state index contributed by atoms with van der Waals surface area (Å²) >= 11 is 0. The van der Waals surface area contributed by atoms with E-state index in [9.17, 15) is 0 Å². The van der Waals surface area contributed by atoms with Crippen molar-refractivity contribution in [2.75, 3.05) is 0 Å². The molecule has 0 spiro atoms. The molecule has 0 aliphatic heterocycles. The Morgan fingerprint density at radius 2 is 1.55 bits per heavy atom. The molecule has 0 aliphatic rings. The van der Waals surface area contributed by atoms with Crippen molar-refractivity contribution in [3.05, 3.63) is 49.7 Å². The van der Waals surface area contributed by atoms with E-state index in [0.29, 0.717) is 0 Å². The Morgan fingerprint density at radius 3 is 1.73 bits per heavy atom. The molecule has 0 radical (unpaired) electrons. The van der Waals surface area contributed by atoms with Crippen LogP contribution in [0.2, 0.25) is 0 Å². The number of benzene rings is 1. The Balaban J connectivity index is 0. The van der Waals surface area contributed by atoms with Gasteiger partial charge in [-0.25, -0.2) is 0 Å². The summed E-state index contributed by atoms with van der Waals surface area (Å²) in [7, 11) is 0. The molecule has 0 saturated heterocycles. The molecule has 0 unspecified atom stereocenters. The van der Waals surface area contributed by atoms with Crippen molar-refractivity contribution in [2.45, 2.75) is 13.3 Å². The van der Waals surface area contributed by atoms with E-state index >= 15 is 0 Å². The number of hydrogen-bond donors (Lipinski definition) is 0. The Hall–Kier alpha value is -0.144. The first-order valence-corrected chi connectivity index (χ1v) is 3.47. The summed E-state index contributed by atoms with van der Waals surface area (Å²) in [6.07, 6.45) is 1.00. The van der Waals surface area contributed by atoms with Crippen LogP contribution in [-0.2, 0) is 0 Å². The Morgan fingerprint density at radius 1 is 1.18 bits per heavy atom. The molecule has 0 fully saturated rings. The van der Waals surface area contributed by atoms with E-state index in [-0.39, 0.29) is 23.1 Å². The second-order valence-electron chi connectivity index (χ2n) is 1.99. The number of rotatable bonds is 0. The van der Waals surface area contributed by atoms with Crippen molar-refractivity contribution < 1.29 is 0 Å². The summed E-state index contributed by atoms with van der Waals surface area (Å²) in [5, 5.41) is 0. The molecule has 1 heteroatoms. The van der Waals surface area contributed by atoms with Crippen molar-refractivity contribution in [3.63, 3.8) is 0 Å². The van der Waals surface area contributed by atoms with Gasteiger partial charge in [-0.1, -0.05) is 13.0 Å². The fourth-order valence-electron chi connectivity index (χ4n) is 0.478. The summed E-state index contributed by atoms with van der Waals surface area (Å²) in [5.74, 6) is 0. The predicted octanol–water partition coefficient (Wildman–Crippen LogP) is 2.72. The van der Waals surface area contributed by atoms with Crippen LogP contribution in [0.25, 0.3) is 0 Å². The molecule has 0 heterocycles. The first kappa shape index (κ1) is 13.4. The molecule has 56 valence electrons. The molecule has 0 nitrogen and oxygen atoms in total. The second-order valence-corrected chi connectivity index (χ2v) is 1.99. The zero-order valence-corrected chi connectivity index (χ0v) is 8.63. The molecular weight excluding hydrogens is 144 g/mol. The van der Waals surface area contributed by atoms with Crippen LogP contribution in [0.5, 0.6) is 0 Å². The normalized spacial score (nSPS) is 7.09. The quantitative estimate of drug-likeness (QED) is 0.402. The van der Waals surface area contributed by atoms with Gasteiger partial charge in [-0.3, -0.25) is 0 Å². The molecule has 0 bridgehead atoms. The maximum atomic E-state index is 3.72. The first-order valence-electron chi connectivity index (χ1n) is 3.47. The third-order valence-corrected chi connectivity index (χ3v) is 0.843. The van der Waals surface area contributed by atoms with Gasteiger partial charge < -0.3 is 6.92 Å². The molecule has 1 aromatic carbocycles. The average molecular weight is 159 g/mol. The fraction of sp³-hybridized carbons (Fsp3) is 0.200. The maximum Gasteiger partial charge on any atom is 2.00 e. The van der Waals surface area contributed by atoms with E-state index in [1.165, 1.54) is 0 Å². The van der Waals surface area contributed by atoms with Gasteiger partial charge in [0.15, 0.2) is 0 Å². The van der Waals surface area contributed by atoms with Gasteiger partial charge in [-0.2, -0.15) is 31.0 Å². The van der Waals surface area contributed by atoms with E-state index in [1.807, 2.05) is 37.3 Å². The van der Waals surface area contributed by atoms with Crippen LogP contribution in [0, 0.1) is 13.8 Å². The van der Waals surface area contributed by atoms with Crippen LogP contribution in [0.15, 0.2) is 30.3 Å². The van der Waals surface area contributed by atoms with E-state index in [1.54, 1.807) is 0 Å². The van der Waals surface area contributed by atoms with Crippen molar-refractivity contribution in [3.8, 4) is 0 Å². The monoisotopic (exact) mass is 158 g/mol. The van der Waals surface area contributed by atoms with Gasteiger partial charge in [0.05, 0.1) is 0 Å². The van der Waals surface area contributed by atoms with E-state index < -0.39 is 0 Å². The third-order valence-electron chi connectivity index (χ3n) is 0.843. The molecule has 1 aromatic rings. The summed E-state index contributed by atoms with van der Waals surface area (Å²) < 4.78 is 0. The second kappa shape index (κ2) is 9.86. The minimum Gasteiger partial charge on any atom is -0.344 e. The number of hydrogen-bond acceptors (Lipinski definition) is 0.